The third kappa shape index (κ3) is 1.08. The van der Waals surface area contributed by atoms with Crippen molar-refractivity contribution in [3.63, 3.8) is 0 Å². The van der Waals surface area contributed by atoms with Crippen molar-refractivity contribution in [3.05, 3.63) is 34.3 Å². The average molecular weight is 179 g/mol. The first-order valence-electron chi connectivity index (χ1n) is 4.38. The first-order valence-corrected chi connectivity index (χ1v) is 4.38. The molecule has 0 aromatic heterocycles. The summed E-state index contributed by atoms with van der Waals surface area (Å²) in [5.41, 5.74) is 8.74. The molecule has 2 rings (SSSR count). The van der Waals surface area contributed by atoms with Crippen LogP contribution in [0.5, 0.6) is 0 Å². The first-order chi connectivity index (χ1) is 6.27. The van der Waals surface area contributed by atoms with Gasteiger partial charge in [-0.15, -0.1) is 0 Å². The van der Waals surface area contributed by atoms with Crippen LogP contribution in [0.3, 0.4) is 0 Å². The van der Waals surface area contributed by atoms with Crippen LogP contribution >= 0.6 is 0 Å². The molecule has 0 amide bonds. The van der Waals surface area contributed by atoms with E-state index in [0.717, 1.165) is 35.3 Å². The van der Waals surface area contributed by atoms with Gasteiger partial charge in [0.15, 0.2) is 0 Å². The lowest BCUT2D eigenvalue weighted by molar-refractivity contribution is 0.292. The summed E-state index contributed by atoms with van der Waals surface area (Å²) in [6.07, 6.45) is 3.44. The number of allylic oxidation sites excluding steroid dienone is 3. The fourth-order valence-corrected chi connectivity index (χ4v) is 1.97. The van der Waals surface area contributed by atoms with Gasteiger partial charge in [-0.1, -0.05) is 0 Å². The molecule has 0 fully saturated rings. The quantitative estimate of drug-likeness (QED) is 0.688. The van der Waals surface area contributed by atoms with Crippen LogP contribution in [0.15, 0.2) is 34.3 Å². The molecule has 0 aromatic carbocycles. The lowest BCUT2D eigenvalue weighted by Gasteiger charge is -2.10. The largest absolute Gasteiger partial charge is 0.508 e. The number of hydrogen-bond donors (Lipinski definition) is 2. The fraction of sp³-hybridized carbons (Fsp3) is 0.400. The molecule has 0 saturated heterocycles. The van der Waals surface area contributed by atoms with Gasteiger partial charge in [-0.3, -0.25) is 0 Å². The molecule has 0 aromatic rings. The van der Waals surface area contributed by atoms with Gasteiger partial charge in [0, 0.05) is 12.0 Å². The van der Waals surface area contributed by atoms with E-state index in [1.54, 1.807) is 7.11 Å². The second kappa shape index (κ2) is 2.92. The van der Waals surface area contributed by atoms with Crippen LogP contribution in [-0.4, -0.2) is 18.8 Å². The van der Waals surface area contributed by atoms with Crippen molar-refractivity contribution in [2.75, 3.05) is 13.7 Å². The molecular formula is C10H13NO2. The van der Waals surface area contributed by atoms with Crippen molar-refractivity contribution >= 4 is 0 Å². The summed E-state index contributed by atoms with van der Waals surface area (Å²) in [6, 6.07) is 0. The van der Waals surface area contributed by atoms with Crippen molar-refractivity contribution in [2.45, 2.75) is 12.8 Å². The highest BCUT2D eigenvalue weighted by molar-refractivity contribution is 5.61. The molecule has 70 valence electrons. The normalized spacial score (nSPS) is 20.0. The van der Waals surface area contributed by atoms with Gasteiger partial charge in [0.2, 0.25) is 0 Å². The lowest BCUT2D eigenvalue weighted by Crippen LogP contribution is -2.03. The zero-order valence-electron chi connectivity index (χ0n) is 7.63. The highest BCUT2D eigenvalue weighted by Crippen LogP contribution is 2.44. The molecule has 0 spiro atoms. The Labute approximate surface area is 77.2 Å². The molecule has 13 heavy (non-hydrogen) atoms. The Balaban J connectivity index is 2.39. The SMILES string of the molecule is COC1=C(CCN)C2=CC(O)=C1C2. The van der Waals surface area contributed by atoms with Crippen LogP contribution in [0.2, 0.25) is 0 Å². The molecule has 0 unspecified atom stereocenters. The Morgan fingerprint density at radius 2 is 2.38 bits per heavy atom. The van der Waals surface area contributed by atoms with E-state index in [1.807, 2.05) is 6.08 Å². The molecule has 2 aliphatic carbocycles. The topological polar surface area (TPSA) is 55.5 Å². The third-order valence-corrected chi connectivity index (χ3v) is 2.52. The fourth-order valence-electron chi connectivity index (χ4n) is 1.97. The molecule has 2 bridgehead atoms. The van der Waals surface area contributed by atoms with Crippen LogP contribution in [0.25, 0.3) is 0 Å². The van der Waals surface area contributed by atoms with Gasteiger partial charge in [0.25, 0.3) is 0 Å². The van der Waals surface area contributed by atoms with Crippen LogP contribution in [0.1, 0.15) is 12.8 Å². The maximum atomic E-state index is 9.46. The van der Waals surface area contributed by atoms with E-state index in [1.165, 1.54) is 0 Å². The number of ether oxygens (including phenoxy) is 1. The number of aliphatic hydroxyl groups is 1. The molecule has 0 heterocycles. The molecule has 3 heteroatoms. The standard InChI is InChI=1S/C10H13NO2/c1-13-10-7(2-3-11)6-4-8(10)9(12)5-6/h5,12H,2-4,11H2,1H3. The van der Waals surface area contributed by atoms with Crippen LogP contribution in [0, 0.1) is 0 Å². The number of fused-ring (bicyclic) bond motifs is 2. The number of hydrogen-bond acceptors (Lipinski definition) is 3. The van der Waals surface area contributed by atoms with Crippen molar-refractivity contribution in [3.8, 4) is 0 Å². The first kappa shape index (κ1) is 8.38. The Morgan fingerprint density at radius 1 is 1.62 bits per heavy atom. The van der Waals surface area contributed by atoms with Crippen LogP contribution in [0.4, 0.5) is 0 Å². The highest BCUT2D eigenvalue weighted by Gasteiger charge is 2.31. The van der Waals surface area contributed by atoms with Gasteiger partial charge >= 0.3 is 0 Å². The third-order valence-electron chi connectivity index (χ3n) is 2.52. The van der Waals surface area contributed by atoms with E-state index >= 15 is 0 Å². The molecule has 3 N–H and O–H groups in total. The number of rotatable bonds is 3. The summed E-state index contributed by atoms with van der Waals surface area (Å²) in [4.78, 5) is 0. The monoisotopic (exact) mass is 179 g/mol. The Morgan fingerprint density at radius 3 is 3.00 bits per heavy atom. The van der Waals surface area contributed by atoms with Gasteiger partial charge in [0.1, 0.15) is 11.5 Å². The van der Waals surface area contributed by atoms with E-state index in [-0.39, 0.29) is 0 Å². The summed E-state index contributed by atoms with van der Waals surface area (Å²) in [6.45, 7) is 0.619. The van der Waals surface area contributed by atoms with Crippen molar-refractivity contribution in [1.82, 2.24) is 0 Å². The minimum Gasteiger partial charge on any atom is -0.508 e. The molecule has 0 radical (unpaired) electrons. The molecule has 2 aliphatic rings. The van der Waals surface area contributed by atoms with Crippen molar-refractivity contribution in [2.24, 2.45) is 5.73 Å². The summed E-state index contributed by atoms with van der Waals surface area (Å²) >= 11 is 0. The zero-order chi connectivity index (χ0) is 9.42. The Bertz CT molecular complexity index is 337. The molecular weight excluding hydrogens is 166 g/mol. The summed E-state index contributed by atoms with van der Waals surface area (Å²) in [7, 11) is 1.63. The minimum atomic E-state index is 0.354. The number of aliphatic hydroxyl groups excluding tert-OH is 1. The second-order valence-corrected chi connectivity index (χ2v) is 3.26. The number of nitrogens with two attached hydrogens (primary N) is 1. The highest BCUT2D eigenvalue weighted by atomic mass is 16.5. The smallest absolute Gasteiger partial charge is 0.129 e. The maximum Gasteiger partial charge on any atom is 0.129 e. The van der Waals surface area contributed by atoms with E-state index in [2.05, 4.69) is 0 Å². The molecule has 0 aliphatic heterocycles. The van der Waals surface area contributed by atoms with E-state index in [4.69, 9.17) is 10.5 Å². The molecule has 0 atom stereocenters. The van der Waals surface area contributed by atoms with Gasteiger partial charge in [-0.05, 0) is 30.2 Å². The summed E-state index contributed by atoms with van der Waals surface area (Å²) in [5.74, 6) is 1.19. The maximum absolute atomic E-state index is 9.46. The zero-order valence-corrected chi connectivity index (χ0v) is 7.63. The van der Waals surface area contributed by atoms with E-state index in [9.17, 15) is 5.11 Å². The van der Waals surface area contributed by atoms with Gasteiger partial charge < -0.3 is 15.6 Å². The molecule has 0 saturated carbocycles. The summed E-state index contributed by atoms with van der Waals surface area (Å²) < 4.78 is 5.25. The van der Waals surface area contributed by atoms with Gasteiger partial charge in [-0.2, -0.15) is 0 Å². The Kier molecular flexibility index (Phi) is 1.88. The van der Waals surface area contributed by atoms with Crippen LogP contribution < -0.4 is 5.73 Å². The average Bonchev–Trinajstić information content (AvgIpc) is 2.62. The van der Waals surface area contributed by atoms with Crippen molar-refractivity contribution < 1.29 is 9.84 Å². The minimum absolute atomic E-state index is 0.354. The Hall–Kier alpha value is -1.22. The van der Waals surface area contributed by atoms with Crippen LogP contribution in [-0.2, 0) is 4.74 Å². The second-order valence-electron chi connectivity index (χ2n) is 3.26. The van der Waals surface area contributed by atoms with Gasteiger partial charge in [0.05, 0.1) is 7.11 Å². The summed E-state index contributed by atoms with van der Waals surface area (Å²) in [5, 5.41) is 9.46. The lowest BCUT2D eigenvalue weighted by atomic mass is 10.1. The predicted octanol–water partition coefficient (Wildman–Crippen LogP) is 1.39. The van der Waals surface area contributed by atoms with E-state index in [0.29, 0.717) is 12.3 Å². The predicted molar refractivity (Wildman–Crippen MR) is 50.1 cm³/mol. The van der Waals surface area contributed by atoms with E-state index < -0.39 is 0 Å². The molecule has 3 nitrogen and oxygen atoms in total. The number of methoxy groups -OCH3 is 1. The van der Waals surface area contributed by atoms with Gasteiger partial charge in [-0.25, -0.2) is 0 Å². The van der Waals surface area contributed by atoms with Crippen molar-refractivity contribution in [1.29, 1.82) is 0 Å².